The van der Waals surface area contributed by atoms with E-state index in [-0.39, 0.29) is 0 Å². The minimum atomic E-state index is -1.37. The van der Waals surface area contributed by atoms with Crippen LogP contribution in [0, 0.1) is 0 Å². The molecule has 0 aliphatic heterocycles. The molecule has 0 fully saturated rings. The average Bonchev–Trinajstić information content (AvgIpc) is 2.26. The Morgan fingerprint density at radius 1 is 0.882 bits per heavy atom. The summed E-state index contributed by atoms with van der Waals surface area (Å²) in [6.07, 6.45) is 1.92. The fourth-order valence-corrected chi connectivity index (χ4v) is 7.16. The highest BCUT2D eigenvalue weighted by molar-refractivity contribution is 7.45. The zero-order valence-corrected chi connectivity index (χ0v) is 13.4. The lowest BCUT2D eigenvalue weighted by atomic mass is 10.2. The van der Waals surface area contributed by atoms with Crippen LogP contribution in [0.4, 0.5) is 0 Å². The van der Waals surface area contributed by atoms with Crippen molar-refractivity contribution < 1.29 is 0 Å². The van der Waals surface area contributed by atoms with Crippen LogP contribution in [-0.2, 0) is 0 Å². The maximum absolute atomic E-state index is 4.62. The molecule has 90 valence electrons. The van der Waals surface area contributed by atoms with Crippen LogP contribution in [0.5, 0.6) is 0 Å². The predicted molar refractivity (Wildman–Crippen MR) is 82.2 cm³/mol. The molecule has 2 rings (SSSR count). The minimum absolute atomic E-state index is 1.14. The van der Waals surface area contributed by atoms with Gasteiger partial charge in [-0.3, -0.25) is 4.98 Å². The SMILES string of the molecule is C[Si](C)(C)[Si](C)(C)c1cccc2cccnc12. The molecule has 0 atom stereocenters. The summed E-state index contributed by atoms with van der Waals surface area (Å²) in [5.74, 6) is 0. The molecule has 0 saturated carbocycles. The molecule has 0 bridgehead atoms. The molecule has 0 saturated heterocycles. The first-order chi connectivity index (χ1) is 7.84. The van der Waals surface area contributed by atoms with Crippen LogP contribution in [0.1, 0.15) is 0 Å². The summed E-state index contributed by atoms with van der Waals surface area (Å²) in [5.41, 5.74) is 1.23. The van der Waals surface area contributed by atoms with Crippen molar-refractivity contribution in [2.75, 3.05) is 0 Å². The quantitative estimate of drug-likeness (QED) is 0.751. The van der Waals surface area contributed by atoms with E-state index in [2.05, 4.69) is 62.0 Å². The number of fused-ring (bicyclic) bond motifs is 1. The Morgan fingerprint density at radius 2 is 1.53 bits per heavy atom. The molecule has 0 spiro atoms. The van der Waals surface area contributed by atoms with Crippen LogP contribution in [0.25, 0.3) is 10.9 Å². The van der Waals surface area contributed by atoms with E-state index in [0.717, 1.165) is 0 Å². The summed E-state index contributed by atoms with van der Waals surface area (Å²) in [6, 6.07) is 10.9. The fourth-order valence-electron chi connectivity index (χ4n) is 2.01. The predicted octanol–water partition coefficient (Wildman–Crippen LogP) is 3.57. The zero-order valence-electron chi connectivity index (χ0n) is 11.4. The standard InChI is InChI=1S/C14H21NSi2/c1-16(2,3)17(4,5)13-10-6-8-12-9-7-11-15-14(12)13/h6-11H,1-5H3. The molecule has 0 N–H and O–H groups in total. The molecule has 0 aliphatic carbocycles. The van der Waals surface area contributed by atoms with Crippen molar-refractivity contribution in [2.45, 2.75) is 32.7 Å². The van der Waals surface area contributed by atoms with Crippen LogP contribution >= 0.6 is 0 Å². The van der Waals surface area contributed by atoms with Crippen LogP contribution in [0.15, 0.2) is 36.5 Å². The molecule has 1 aromatic carbocycles. The van der Waals surface area contributed by atoms with Gasteiger partial charge in [0.15, 0.2) is 0 Å². The first-order valence-corrected chi connectivity index (χ1v) is 13.7. The summed E-state index contributed by atoms with van der Waals surface area (Å²) < 4.78 is 0. The van der Waals surface area contributed by atoms with E-state index in [4.69, 9.17) is 0 Å². The second-order valence-electron chi connectivity index (χ2n) is 6.26. The van der Waals surface area contributed by atoms with Gasteiger partial charge in [0, 0.05) is 19.2 Å². The van der Waals surface area contributed by atoms with Gasteiger partial charge in [0.25, 0.3) is 0 Å². The van der Waals surface area contributed by atoms with E-state index < -0.39 is 15.2 Å². The number of para-hydroxylation sites is 1. The van der Waals surface area contributed by atoms with E-state index in [0.29, 0.717) is 0 Å². The highest BCUT2D eigenvalue weighted by Crippen LogP contribution is 2.21. The Bertz CT molecular complexity index is 536. The highest BCUT2D eigenvalue weighted by atomic mass is 29.3. The molecule has 0 amide bonds. The van der Waals surface area contributed by atoms with Crippen molar-refractivity contribution in [1.82, 2.24) is 4.98 Å². The fraction of sp³-hybridized carbons (Fsp3) is 0.357. The van der Waals surface area contributed by atoms with E-state index >= 15 is 0 Å². The molecule has 0 unspecified atom stereocenters. The van der Waals surface area contributed by atoms with E-state index in [1.165, 1.54) is 16.1 Å². The molecule has 2 aromatic rings. The van der Waals surface area contributed by atoms with Gasteiger partial charge in [0.2, 0.25) is 0 Å². The molecule has 1 aromatic heterocycles. The van der Waals surface area contributed by atoms with E-state index in [1.807, 2.05) is 12.3 Å². The number of pyridine rings is 1. The monoisotopic (exact) mass is 259 g/mol. The molecule has 1 nitrogen and oxygen atoms in total. The molecule has 1 heterocycles. The van der Waals surface area contributed by atoms with Gasteiger partial charge in [-0.05, 0) is 11.3 Å². The number of hydrogen-bond acceptors (Lipinski definition) is 1. The van der Waals surface area contributed by atoms with Crippen LogP contribution < -0.4 is 5.19 Å². The molecule has 0 radical (unpaired) electrons. The third-order valence-electron chi connectivity index (χ3n) is 4.18. The molecule has 3 heteroatoms. The van der Waals surface area contributed by atoms with Crippen molar-refractivity contribution in [1.29, 1.82) is 0 Å². The summed E-state index contributed by atoms with van der Waals surface area (Å²) in [5, 5.41) is 2.82. The first-order valence-electron chi connectivity index (χ1n) is 6.18. The first kappa shape index (κ1) is 12.5. The topological polar surface area (TPSA) is 12.9 Å². The van der Waals surface area contributed by atoms with Crippen LogP contribution in [0.3, 0.4) is 0 Å². The lowest BCUT2D eigenvalue weighted by Gasteiger charge is -2.36. The van der Waals surface area contributed by atoms with Crippen LogP contribution in [-0.4, -0.2) is 20.2 Å². The van der Waals surface area contributed by atoms with Crippen molar-refractivity contribution in [3.8, 4) is 0 Å². The molecular weight excluding hydrogens is 238 g/mol. The van der Waals surface area contributed by atoms with Gasteiger partial charge in [-0.2, -0.15) is 0 Å². The maximum atomic E-state index is 4.62. The van der Waals surface area contributed by atoms with Crippen LogP contribution in [0.2, 0.25) is 32.7 Å². The van der Waals surface area contributed by atoms with Gasteiger partial charge in [0.1, 0.15) is 0 Å². The summed E-state index contributed by atoms with van der Waals surface area (Å²) in [4.78, 5) is 4.62. The number of hydrogen-bond donors (Lipinski definition) is 0. The van der Waals surface area contributed by atoms with Crippen molar-refractivity contribution in [2.24, 2.45) is 0 Å². The van der Waals surface area contributed by atoms with Gasteiger partial charge in [-0.25, -0.2) is 0 Å². The lowest BCUT2D eigenvalue weighted by Crippen LogP contribution is -2.61. The Hall–Kier alpha value is -0.936. The maximum Gasteiger partial charge on any atom is 0.0764 e. The number of nitrogens with zero attached hydrogens (tertiary/aromatic N) is 1. The Balaban J connectivity index is 2.72. The number of aromatic nitrogens is 1. The van der Waals surface area contributed by atoms with Crippen molar-refractivity contribution in [3.63, 3.8) is 0 Å². The number of benzene rings is 1. The Morgan fingerprint density at radius 3 is 2.18 bits per heavy atom. The van der Waals surface area contributed by atoms with Crippen molar-refractivity contribution >= 4 is 31.3 Å². The average molecular weight is 260 g/mol. The number of rotatable bonds is 2. The van der Waals surface area contributed by atoms with Gasteiger partial charge in [-0.1, -0.05) is 57.0 Å². The Labute approximate surface area is 106 Å². The van der Waals surface area contributed by atoms with Gasteiger partial charge in [-0.15, -0.1) is 0 Å². The molecule has 0 aliphatic rings. The van der Waals surface area contributed by atoms with Gasteiger partial charge >= 0.3 is 0 Å². The molecular formula is C14H21NSi2. The smallest absolute Gasteiger partial charge is 0.0764 e. The molecule has 17 heavy (non-hydrogen) atoms. The summed E-state index contributed by atoms with van der Waals surface area (Å²) in [6.45, 7) is 12.5. The summed E-state index contributed by atoms with van der Waals surface area (Å²) in [7, 11) is -2.51. The third kappa shape index (κ3) is 2.09. The van der Waals surface area contributed by atoms with E-state index in [1.54, 1.807) is 0 Å². The van der Waals surface area contributed by atoms with E-state index in [9.17, 15) is 0 Å². The largest absolute Gasteiger partial charge is 0.256 e. The lowest BCUT2D eigenvalue weighted by molar-refractivity contribution is 1.42. The zero-order chi connectivity index (χ0) is 12.7. The third-order valence-corrected chi connectivity index (χ3v) is 21.7. The highest BCUT2D eigenvalue weighted by Gasteiger charge is 2.39. The van der Waals surface area contributed by atoms with Crippen molar-refractivity contribution in [3.05, 3.63) is 36.5 Å². The second-order valence-corrected chi connectivity index (χ2v) is 22.8. The Kier molecular flexibility index (Phi) is 3.00. The van der Waals surface area contributed by atoms with Gasteiger partial charge in [0.05, 0.1) is 13.1 Å². The normalized spacial score (nSPS) is 13.0. The summed E-state index contributed by atoms with van der Waals surface area (Å²) >= 11 is 0. The van der Waals surface area contributed by atoms with Gasteiger partial charge < -0.3 is 0 Å². The second kappa shape index (κ2) is 4.07. The minimum Gasteiger partial charge on any atom is -0.256 e.